The summed E-state index contributed by atoms with van der Waals surface area (Å²) in [6.45, 7) is 11.9. The summed E-state index contributed by atoms with van der Waals surface area (Å²) in [7, 11) is 1.29. The van der Waals surface area contributed by atoms with Crippen molar-refractivity contribution in [2.45, 2.75) is 84.3 Å². The van der Waals surface area contributed by atoms with Crippen LogP contribution in [0.25, 0.3) is 0 Å². The van der Waals surface area contributed by atoms with E-state index < -0.39 is 23.7 Å². The topological polar surface area (TPSA) is 116 Å². The lowest BCUT2D eigenvalue weighted by Gasteiger charge is -2.30. The van der Waals surface area contributed by atoms with Crippen LogP contribution in [-0.2, 0) is 20.7 Å². The Bertz CT molecular complexity index is 1020. The number of rotatable bonds is 11. The first-order valence-corrected chi connectivity index (χ1v) is 13.4. The van der Waals surface area contributed by atoms with Crippen molar-refractivity contribution in [3.8, 4) is 5.75 Å². The van der Waals surface area contributed by atoms with Crippen LogP contribution in [0.4, 0.5) is 10.8 Å². The second-order valence-electron chi connectivity index (χ2n) is 11.1. The molecule has 10 nitrogen and oxygen atoms in total. The molecule has 0 bridgehead atoms. The van der Waals surface area contributed by atoms with Crippen molar-refractivity contribution in [3.05, 3.63) is 35.7 Å². The normalized spacial score (nSPS) is 15.3. The molecule has 1 saturated heterocycles. The fourth-order valence-electron chi connectivity index (χ4n) is 4.31. The van der Waals surface area contributed by atoms with Gasteiger partial charge in [0.25, 0.3) is 0 Å². The Morgan fingerprint density at radius 1 is 1.16 bits per heavy atom. The zero-order chi connectivity index (χ0) is 27.7. The van der Waals surface area contributed by atoms with Crippen LogP contribution in [-0.4, -0.2) is 60.7 Å². The predicted octanol–water partition coefficient (Wildman–Crippen LogP) is 4.88. The van der Waals surface area contributed by atoms with Crippen molar-refractivity contribution in [1.82, 2.24) is 15.5 Å². The molecule has 1 N–H and O–H groups in total. The van der Waals surface area contributed by atoms with E-state index in [-0.39, 0.29) is 12.3 Å². The predicted molar refractivity (Wildman–Crippen MR) is 143 cm³/mol. The van der Waals surface area contributed by atoms with Gasteiger partial charge >= 0.3 is 18.1 Å². The van der Waals surface area contributed by atoms with Crippen molar-refractivity contribution in [2.75, 3.05) is 31.7 Å². The second kappa shape index (κ2) is 13.5. The molecule has 0 radical (unpaired) electrons. The highest BCUT2D eigenvalue weighted by molar-refractivity contribution is 5.81. The minimum absolute atomic E-state index is 0.263. The molecule has 210 valence electrons. The first kappa shape index (κ1) is 29.3. The summed E-state index contributed by atoms with van der Waals surface area (Å²) in [4.78, 5) is 31.0. The lowest BCUT2D eigenvalue weighted by molar-refractivity contribution is -0.143. The maximum Gasteiger partial charge on any atom is 0.408 e. The van der Waals surface area contributed by atoms with Crippen LogP contribution in [0.3, 0.4) is 0 Å². The molecular formula is C28H42N4O6. The molecule has 1 atom stereocenters. The third-order valence-electron chi connectivity index (χ3n) is 6.40. The molecule has 1 aliphatic rings. The zero-order valence-corrected chi connectivity index (χ0v) is 23.5. The summed E-state index contributed by atoms with van der Waals surface area (Å²) in [6.07, 6.45) is 3.93. The SMILES string of the molecule is COC(=O)C(Cc1ccc(OCCCC2CCN(c3nc(C(C)C)no3)CC2)cc1)NC(=O)OC(C)(C)C. The number of ether oxygens (including phenoxy) is 3. The number of methoxy groups -OCH3 is 1. The molecule has 0 saturated carbocycles. The van der Waals surface area contributed by atoms with Gasteiger partial charge in [-0.05, 0) is 70.1 Å². The number of carbonyl (C=O) groups is 2. The van der Waals surface area contributed by atoms with Crippen molar-refractivity contribution >= 4 is 18.1 Å². The van der Waals surface area contributed by atoms with E-state index >= 15 is 0 Å². The van der Waals surface area contributed by atoms with Crippen molar-refractivity contribution in [1.29, 1.82) is 0 Å². The number of piperidine rings is 1. The van der Waals surface area contributed by atoms with Gasteiger partial charge in [0, 0.05) is 25.4 Å². The van der Waals surface area contributed by atoms with Crippen molar-refractivity contribution in [3.63, 3.8) is 0 Å². The van der Waals surface area contributed by atoms with Crippen LogP contribution >= 0.6 is 0 Å². The molecule has 3 rings (SSSR count). The van der Waals surface area contributed by atoms with Crippen LogP contribution < -0.4 is 15.0 Å². The number of amides is 1. The number of esters is 1. The third-order valence-corrected chi connectivity index (χ3v) is 6.40. The standard InChI is InChI=1S/C28H42N4O6/c1-19(2)24-30-26(38-31-24)32-15-13-20(14-16-32)8-7-17-36-22-11-9-21(10-12-22)18-23(25(33)35-6)29-27(34)37-28(3,4)5/h9-12,19-20,23H,7-8,13-18H2,1-6H3,(H,29,34). The quantitative estimate of drug-likeness (QED) is 0.320. The Morgan fingerprint density at radius 2 is 1.84 bits per heavy atom. The summed E-state index contributed by atoms with van der Waals surface area (Å²) in [5.74, 6) is 1.93. The maximum atomic E-state index is 12.2. The first-order valence-electron chi connectivity index (χ1n) is 13.4. The van der Waals surface area contributed by atoms with Gasteiger partial charge in [0.15, 0.2) is 5.82 Å². The molecule has 1 unspecified atom stereocenters. The molecule has 2 aromatic rings. The third kappa shape index (κ3) is 9.22. The van der Waals surface area contributed by atoms with Crippen LogP contribution in [0.2, 0.25) is 0 Å². The van der Waals surface area contributed by atoms with E-state index in [2.05, 4.69) is 34.2 Å². The highest BCUT2D eigenvalue weighted by Gasteiger charge is 2.26. The fourth-order valence-corrected chi connectivity index (χ4v) is 4.31. The molecule has 2 heterocycles. The number of aromatic nitrogens is 2. The fraction of sp³-hybridized carbons (Fsp3) is 0.643. The van der Waals surface area contributed by atoms with Gasteiger partial charge in [-0.25, -0.2) is 9.59 Å². The molecule has 38 heavy (non-hydrogen) atoms. The van der Waals surface area contributed by atoms with Gasteiger partial charge in [0.1, 0.15) is 17.4 Å². The molecule has 1 aromatic heterocycles. The van der Waals surface area contributed by atoms with E-state index in [9.17, 15) is 9.59 Å². The molecule has 1 aromatic carbocycles. The average molecular weight is 531 g/mol. The highest BCUT2D eigenvalue weighted by atomic mass is 16.6. The minimum atomic E-state index is -0.842. The van der Waals surface area contributed by atoms with Gasteiger partial charge in [-0.2, -0.15) is 4.98 Å². The van der Waals surface area contributed by atoms with Crippen molar-refractivity contribution < 1.29 is 28.3 Å². The largest absolute Gasteiger partial charge is 0.494 e. The van der Waals surface area contributed by atoms with Crippen LogP contribution in [0.15, 0.2) is 28.8 Å². The minimum Gasteiger partial charge on any atom is -0.494 e. The van der Waals surface area contributed by atoms with E-state index in [1.54, 1.807) is 20.8 Å². The van der Waals surface area contributed by atoms with Gasteiger partial charge in [-0.3, -0.25) is 0 Å². The first-order chi connectivity index (χ1) is 18.0. The zero-order valence-electron chi connectivity index (χ0n) is 23.5. The average Bonchev–Trinajstić information content (AvgIpc) is 3.37. The van der Waals surface area contributed by atoms with Gasteiger partial charge in [-0.15, -0.1) is 0 Å². The summed E-state index contributed by atoms with van der Waals surface area (Å²) < 4.78 is 21.5. The Labute approximate surface area is 225 Å². The Hall–Kier alpha value is -3.30. The number of benzene rings is 1. The van der Waals surface area contributed by atoms with E-state index in [0.29, 0.717) is 18.5 Å². The number of hydrogen-bond donors (Lipinski definition) is 1. The number of nitrogens with one attached hydrogen (secondary N) is 1. The Kier molecular flexibility index (Phi) is 10.4. The lowest BCUT2D eigenvalue weighted by atomic mass is 9.92. The highest BCUT2D eigenvalue weighted by Crippen LogP contribution is 2.26. The molecule has 0 aliphatic carbocycles. The van der Waals surface area contributed by atoms with E-state index in [1.807, 2.05) is 24.3 Å². The van der Waals surface area contributed by atoms with Gasteiger partial charge in [0.2, 0.25) is 0 Å². The smallest absolute Gasteiger partial charge is 0.408 e. The Morgan fingerprint density at radius 3 is 2.42 bits per heavy atom. The van der Waals surface area contributed by atoms with Crippen LogP contribution in [0.1, 0.15) is 77.6 Å². The monoisotopic (exact) mass is 530 g/mol. The van der Waals surface area contributed by atoms with E-state index in [4.69, 9.17) is 18.7 Å². The molecule has 1 fully saturated rings. The van der Waals surface area contributed by atoms with Crippen molar-refractivity contribution in [2.24, 2.45) is 5.92 Å². The van der Waals surface area contributed by atoms with E-state index in [0.717, 1.165) is 55.9 Å². The maximum absolute atomic E-state index is 12.2. The van der Waals surface area contributed by atoms with Gasteiger partial charge in [-0.1, -0.05) is 31.1 Å². The van der Waals surface area contributed by atoms with Gasteiger partial charge < -0.3 is 29.0 Å². The molecule has 1 amide bonds. The number of hydrogen-bond acceptors (Lipinski definition) is 9. The summed E-state index contributed by atoms with van der Waals surface area (Å²) in [6, 6.07) is 7.33. The second-order valence-corrected chi connectivity index (χ2v) is 11.1. The summed E-state index contributed by atoms with van der Waals surface area (Å²) in [5.41, 5.74) is 0.214. The van der Waals surface area contributed by atoms with Crippen LogP contribution in [0.5, 0.6) is 5.75 Å². The summed E-state index contributed by atoms with van der Waals surface area (Å²) in [5, 5.41) is 6.66. The van der Waals surface area contributed by atoms with E-state index in [1.165, 1.54) is 7.11 Å². The van der Waals surface area contributed by atoms with Gasteiger partial charge in [0.05, 0.1) is 13.7 Å². The lowest BCUT2D eigenvalue weighted by Crippen LogP contribution is -2.45. The number of nitrogens with zero attached hydrogens (tertiary/aromatic N) is 3. The molecular weight excluding hydrogens is 488 g/mol. The molecule has 1 aliphatic heterocycles. The Balaban J connectivity index is 1.38. The molecule has 10 heteroatoms. The number of alkyl carbamates (subject to hydrolysis) is 1. The number of carbonyl (C=O) groups excluding carboxylic acids is 2. The number of anilines is 1. The molecule has 0 spiro atoms. The van der Waals surface area contributed by atoms with Crippen LogP contribution in [0, 0.1) is 5.92 Å². The summed E-state index contributed by atoms with van der Waals surface area (Å²) >= 11 is 0.